The Bertz CT molecular complexity index is 8.00. The van der Waals surface area contributed by atoms with Crippen LogP contribution in [0, 0.1) is 0 Å². The van der Waals surface area contributed by atoms with Gasteiger partial charge in [0.05, 0.1) is 0 Å². The monoisotopic (exact) mass is 210 g/mol. The van der Waals surface area contributed by atoms with Crippen molar-refractivity contribution in [3.63, 3.8) is 0 Å². The fourth-order valence-electron chi connectivity index (χ4n) is 0. The Morgan fingerprint density at radius 3 is 1.00 bits per heavy atom. The van der Waals surface area contributed by atoms with Gasteiger partial charge < -0.3 is 0 Å². The second-order valence-corrected chi connectivity index (χ2v) is 0. The van der Waals surface area contributed by atoms with E-state index in [-0.39, 0.29) is 105 Å². The summed E-state index contributed by atoms with van der Waals surface area (Å²) in [4.78, 5) is 0. The molecule has 0 saturated heterocycles. The van der Waals surface area contributed by atoms with Crippen LogP contribution in [0.15, 0.2) is 0 Å². The smallest absolute Gasteiger partial charge is 0 e. The molecule has 0 aromatic carbocycles. The van der Waals surface area contributed by atoms with Gasteiger partial charge in [-0.05, 0) is 0 Å². The van der Waals surface area contributed by atoms with Crippen molar-refractivity contribution in [2.45, 2.75) is 0 Å². The summed E-state index contributed by atoms with van der Waals surface area (Å²) in [7, 11) is 0. The first-order valence-electron chi connectivity index (χ1n) is 0. The molecule has 0 amide bonds. The molecule has 0 atom stereocenters. The first kappa shape index (κ1) is 26.2. The van der Waals surface area contributed by atoms with E-state index in [2.05, 4.69) is 0 Å². The molecule has 0 fully saturated rings. The van der Waals surface area contributed by atoms with Crippen LogP contribution < -0.4 is 0 Å². The van der Waals surface area contributed by atoms with Gasteiger partial charge in [0, 0.05) is 19.5 Å². The summed E-state index contributed by atoms with van der Waals surface area (Å²) in [6.45, 7) is 0. The van der Waals surface area contributed by atoms with Gasteiger partial charge in [-0.1, -0.05) is 0 Å². The molecule has 0 radical (unpaired) electrons. The van der Waals surface area contributed by atoms with Crippen molar-refractivity contribution >= 4 is 85.9 Å². The van der Waals surface area contributed by atoms with Crippen molar-refractivity contribution in [2.24, 2.45) is 0 Å². The molecule has 16 valence electrons. The van der Waals surface area contributed by atoms with E-state index >= 15 is 0 Å². The van der Waals surface area contributed by atoms with Crippen LogP contribution in [-0.4, -0.2) is 85.9 Å². The Morgan fingerprint density at radius 1 is 1.00 bits per heavy atom. The quantitative estimate of drug-likeness (QED) is 0.374. The second kappa shape index (κ2) is 16.1. The van der Waals surface area contributed by atoms with Crippen molar-refractivity contribution < 1.29 is 19.5 Å². The van der Waals surface area contributed by atoms with Crippen molar-refractivity contribution in [3.8, 4) is 0 Å². The fraction of sp³-hybridized carbons (Fsp3) is 0. The summed E-state index contributed by atoms with van der Waals surface area (Å²) in [5, 5.41) is 0. The molecular formula is H7AlMgSrZn. The molecule has 0 aliphatic carbocycles. The summed E-state index contributed by atoms with van der Waals surface area (Å²) >= 11 is 0. The summed E-state index contributed by atoms with van der Waals surface area (Å²) < 4.78 is 0. The van der Waals surface area contributed by atoms with Gasteiger partial charge in [-0.15, -0.1) is 0 Å². The van der Waals surface area contributed by atoms with Crippen LogP contribution in [0.1, 0.15) is 0 Å². The Kier molecular flexibility index (Phi) is 106. The minimum absolute atomic E-state index is 0. The van der Waals surface area contributed by atoms with Crippen LogP contribution in [0.5, 0.6) is 0 Å². The Hall–Kier alpha value is 3.40. The molecule has 0 nitrogen and oxygen atoms in total. The summed E-state index contributed by atoms with van der Waals surface area (Å²) in [5.41, 5.74) is 0. The minimum Gasteiger partial charge on any atom is 0 e. The summed E-state index contributed by atoms with van der Waals surface area (Å²) in [6, 6.07) is 0. The Labute approximate surface area is 103 Å². The van der Waals surface area contributed by atoms with E-state index < -0.39 is 0 Å². The van der Waals surface area contributed by atoms with E-state index in [1.54, 1.807) is 0 Å². The third-order valence-electron chi connectivity index (χ3n) is 0. The first-order chi connectivity index (χ1) is 0. The molecule has 0 heterocycles. The Balaban J connectivity index is 0. The summed E-state index contributed by atoms with van der Waals surface area (Å²) in [5.74, 6) is 0. The molecule has 4 heavy (non-hydrogen) atoms. The molecule has 0 unspecified atom stereocenters. The molecule has 0 N–H and O–H groups in total. The van der Waals surface area contributed by atoms with Crippen LogP contribution in [0.4, 0.5) is 0 Å². The largest absolute Gasteiger partial charge is 0 e. The van der Waals surface area contributed by atoms with E-state index in [1.807, 2.05) is 0 Å². The van der Waals surface area contributed by atoms with Gasteiger partial charge in [-0.25, -0.2) is 0 Å². The predicted octanol–water partition coefficient (Wildman–Crippen LogP) is -3.02. The predicted molar refractivity (Wildman–Crippen MR) is 27.0 cm³/mol. The van der Waals surface area contributed by atoms with Gasteiger partial charge in [0.15, 0.2) is 17.4 Å². The maximum Gasteiger partial charge on any atom is 0 e. The molecular weight excluding hydrogens is 204 g/mol. The molecule has 0 saturated carbocycles. The number of hydrogen-bond acceptors (Lipinski definition) is 0. The number of rotatable bonds is 0. The molecule has 0 aromatic rings. The fourth-order valence-corrected chi connectivity index (χ4v) is 0. The van der Waals surface area contributed by atoms with Gasteiger partial charge in [0.2, 0.25) is 0 Å². The van der Waals surface area contributed by atoms with Gasteiger partial charge in [0.25, 0.3) is 0 Å². The zero-order chi connectivity index (χ0) is 0. The zero-order valence-electron chi connectivity index (χ0n) is 0.707. The third kappa shape index (κ3) is 9.04. The SMILES string of the molecule is [AlH3].[MgH2].[SrH2].[Zn]. The van der Waals surface area contributed by atoms with Gasteiger partial charge >= 0.3 is 68.5 Å². The van der Waals surface area contributed by atoms with Crippen molar-refractivity contribution in [3.05, 3.63) is 0 Å². The van der Waals surface area contributed by atoms with E-state index in [1.165, 1.54) is 0 Å². The van der Waals surface area contributed by atoms with Crippen LogP contribution in [0.25, 0.3) is 0 Å². The topological polar surface area (TPSA) is 0 Å². The molecule has 4 heteroatoms. The minimum atomic E-state index is 0. The van der Waals surface area contributed by atoms with Crippen molar-refractivity contribution in [1.29, 1.82) is 0 Å². The molecule has 0 aliphatic rings. The molecule has 0 rings (SSSR count). The maximum atomic E-state index is 0. The molecule has 0 aromatic heterocycles. The average molecular weight is 211 g/mol. The van der Waals surface area contributed by atoms with Crippen LogP contribution in [0.2, 0.25) is 0 Å². The van der Waals surface area contributed by atoms with Crippen LogP contribution in [-0.2, 0) is 19.5 Å². The van der Waals surface area contributed by atoms with Crippen molar-refractivity contribution in [1.82, 2.24) is 0 Å². The maximum absolute atomic E-state index is 0. The third-order valence-corrected chi connectivity index (χ3v) is 0. The second-order valence-electron chi connectivity index (χ2n) is 0. The van der Waals surface area contributed by atoms with E-state index in [0.717, 1.165) is 0 Å². The molecule has 0 spiro atoms. The van der Waals surface area contributed by atoms with Gasteiger partial charge in [0.1, 0.15) is 0 Å². The normalized spacial score (nSPS) is 0. The zero-order valence-corrected chi connectivity index (χ0v) is 3.67. The van der Waals surface area contributed by atoms with E-state index in [4.69, 9.17) is 0 Å². The Morgan fingerprint density at radius 2 is 1.00 bits per heavy atom. The first-order valence-corrected chi connectivity index (χ1v) is 0. The summed E-state index contributed by atoms with van der Waals surface area (Å²) in [6.07, 6.45) is 0. The molecule has 0 aliphatic heterocycles. The number of hydrogen-bond donors (Lipinski definition) is 0. The van der Waals surface area contributed by atoms with Gasteiger partial charge in [-0.2, -0.15) is 0 Å². The standard InChI is InChI=1S/Al.Mg.Sr.Zn.7H. The van der Waals surface area contributed by atoms with Crippen LogP contribution in [0.3, 0.4) is 0 Å². The average Bonchev–Trinajstić information content (AvgIpc) is 0. The van der Waals surface area contributed by atoms with E-state index in [9.17, 15) is 0 Å². The van der Waals surface area contributed by atoms with Crippen molar-refractivity contribution in [2.75, 3.05) is 0 Å². The molecule has 0 bridgehead atoms. The van der Waals surface area contributed by atoms with Gasteiger partial charge in [-0.3, -0.25) is 0 Å². The van der Waals surface area contributed by atoms with Crippen LogP contribution >= 0.6 is 0 Å². The van der Waals surface area contributed by atoms with E-state index in [0.29, 0.717) is 0 Å².